The van der Waals surface area contributed by atoms with Gasteiger partial charge in [-0.1, -0.05) is 157 Å². The van der Waals surface area contributed by atoms with E-state index in [4.69, 9.17) is 17.3 Å². The first kappa shape index (κ1) is 49.4. The second-order valence-electron chi connectivity index (χ2n) is 17.4. The SMILES string of the molecule is [Au+].[Au+].[C-]#Cc1ccc2c(c1)-c1ccccc1C2.[C-]#Cc1ccc2c(c1)Cc1ccccc1-2.c1ccc([PH+](c2ccccc2)c2cc3oc4ccccc4c3cc2[PH+](c2ccccc2)c2ccccc2)cc1. The van der Waals surface area contributed by atoms with E-state index in [1.165, 1.54) is 87.1 Å². The van der Waals surface area contributed by atoms with E-state index in [-0.39, 0.29) is 44.8 Å². The van der Waals surface area contributed by atoms with Gasteiger partial charge in [-0.15, -0.1) is 35.4 Å². The summed E-state index contributed by atoms with van der Waals surface area (Å²) in [7, 11) is -2.65. The molecule has 0 saturated heterocycles. The summed E-state index contributed by atoms with van der Waals surface area (Å²) >= 11 is 0. The molecule has 5 heteroatoms. The molecule has 11 aromatic rings. The van der Waals surface area contributed by atoms with Crippen LogP contribution in [0.4, 0.5) is 0 Å². The molecule has 0 spiro atoms. The Morgan fingerprint density at radius 3 is 1.28 bits per heavy atom. The Kier molecular flexibility index (Phi) is 15.8. The van der Waals surface area contributed by atoms with Gasteiger partial charge in [0.2, 0.25) is 0 Å². The molecule has 1 aromatic heterocycles. The average Bonchev–Trinajstić information content (AvgIpc) is 4.11. The fourth-order valence-electron chi connectivity index (χ4n) is 9.98. The van der Waals surface area contributed by atoms with Gasteiger partial charge in [0.05, 0.1) is 0 Å². The Hall–Kier alpha value is -6.54. The van der Waals surface area contributed by atoms with Crippen LogP contribution in [-0.4, -0.2) is 0 Å². The summed E-state index contributed by atoms with van der Waals surface area (Å²) in [4.78, 5) is 0. The van der Waals surface area contributed by atoms with Crippen molar-refractivity contribution in [1.82, 2.24) is 0 Å². The van der Waals surface area contributed by atoms with Crippen LogP contribution in [0.1, 0.15) is 33.4 Å². The van der Waals surface area contributed by atoms with Crippen LogP contribution in [0.3, 0.4) is 0 Å². The van der Waals surface area contributed by atoms with Crippen molar-refractivity contribution in [3.63, 3.8) is 0 Å². The second kappa shape index (κ2) is 22.7. The van der Waals surface area contributed by atoms with Gasteiger partial charge in [0.25, 0.3) is 0 Å². The van der Waals surface area contributed by atoms with Crippen LogP contribution in [0.5, 0.6) is 0 Å². The Balaban J connectivity index is 0.000000159. The molecule has 0 aliphatic heterocycles. The Bertz CT molecular complexity index is 3630. The summed E-state index contributed by atoms with van der Waals surface area (Å²) in [5, 5.41) is 10.8. The van der Waals surface area contributed by atoms with Gasteiger partial charge in [-0.3, -0.25) is 11.8 Å². The number of rotatable bonds is 6. The van der Waals surface area contributed by atoms with Crippen molar-refractivity contribution in [2.24, 2.45) is 0 Å². The quantitative estimate of drug-likeness (QED) is 0.0700. The van der Waals surface area contributed by atoms with Gasteiger partial charge in [0, 0.05) is 16.8 Å². The molecule has 0 atom stereocenters. The molecule has 0 fully saturated rings. The molecule has 0 unspecified atom stereocenters. The van der Waals surface area contributed by atoms with E-state index in [0.29, 0.717) is 0 Å². The van der Waals surface area contributed by atoms with Crippen molar-refractivity contribution < 1.29 is 49.2 Å². The minimum Gasteiger partial charge on any atom is -0.456 e. The molecular weight excluding hydrogens is 1260 g/mol. The third-order valence-electron chi connectivity index (χ3n) is 13.2. The molecule has 2 aliphatic rings. The molecular formula is C66H46Au2OP2+2. The molecule has 1 nitrogen and oxygen atoms in total. The molecule has 71 heavy (non-hydrogen) atoms. The van der Waals surface area contributed by atoms with Gasteiger partial charge < -0.3 is 17.3 Å². The van der Waals surface area contributed by atoms with Gasteiger partial charge in [0.15, 0.2) is 0 Å². The monoisotopic (exact) mass is 1310 g/mol. The summed E-state index contributed by atoms with van der Waals surface area (Å²) < 4.78 is 6.49. The van der Waals surface area contributed by atoms with Crippen molar-refractivity contribution in [3.05, 3.63) is 289 Å². The van der Waals surface area contributed by atoms with Crippen LogP contribution < -0.4 is 31.8 Å². The molecule has 13 rings (SSSR count). The maximum atomic E-state index is 7.14. The Labute approximate surface area is 451 Å². The molecule has 1 heterocycles. The number of para-hydroxylation sites is 1. The zero-order chi connectivity index (χ0) is 46.5. The van der Waals surface area contributed by atoms with Crippen LogP contribution in [0.15, 0.2) is 247 Å². The van der Waals surface area contributed by atoms with Crippen molar-refractivity contribution in [3.8, 4) is 34.1 Å². The first-order valence-electron chi connectivity index (χ1n) is 23.3. The fourth-order valence-corrected chi connectivity index (χ4v) is 16.0. The minimum absolute atomic E-state index is 0. The third kappa shape index (κ3) is 10.3. The molecule has 346 valence electrons. The topological polar surface area (TPSA) is 13.1 Å². The standard InChI is InChI=1S/C36H26OP2.2C15H9.2Au/c1-5-15-27(16-6-1)38(28-17-7-2-8-18-28)35-25-32-31-23-13-14-24-33(31)37-34(32)26-36(35)39(29-19-9-3-10-20-29)30-21-11-4-12-22-30;1-2-11-7-8-15-13(9-11)10-12-5-3-4-6-14(12)15;1-2-11-7-8-13-10-12-5-3-4-6-14(12)15(13)9-11;;/h1-26H;2*3-9H,10H2;;/q;2*-1;2*+1/p+2. The maximum Gasteiger partial charge on any atom is 1.00 e. The zero-order valence-electron chi connectivity index (χ0n) is 38.5. The van der Waals surface area contributed by atoms with E-state index in [0.717, 1.165) is 35.1 Å². The van der Waals surface area contributed by atoms with Crippen LogP contribution in [0.2, 0.25) is 0 Å². The van der Waals surface area contributed by atoms with Gasteiger partial charge >= 0.3 is 44.8 Å². The smallest absolute Gasteiger partial charge is 0.456 e. The van der Waals surface area contributed by atoms with Crippen molar-refractivity contribution in [2.75, 3.05) is 0 Å². The summed E-state index contributed by atoms with van der Waals surface area (Å²) in [6.45, 7) is 0. The van der Waals surface area contributed by atoms with Crippen molar-refractivity contribution in [2.45, 2.75) is 12.8 Å². The molecule has 0 N–H and O–H groups in total. The van der Waals surface area contributed by atoms with Crippen molar-refractivity contribution in [1.29, 1.82) is 0 Å². The molecule has 2 aliphatic carbocycles. The van der Waals surface area contributed by atoms with E-state index >= 15 is 0 Å². The second-order valence-corrected chi connectivity index (χ2v) is 22.3. The number of benzene rings is 10. The number of fused-ring (bicyclic) bond motifs is 9. The summed E-state index contributed by atoms with van der Waals surface area (Å²) in [6.07, 6.45) is 16.3. The normalized spacial score (nSPS) is 11.3. The largest absolute Gasteiger partial charge is 1.00 e. The number of furan rings is 1. The zero-order valence-corrected chi connectivity index (χ0v) is 44.9. The molecule has 0 radical (unpaired) electrons. The molecule has 0 amide bonds. The van der Waals surface area contributed by atoms with Gasteiger partial charge in [0.1, 0.15) is 58.8 Å². The van der Waals surface area contributed by atoms with Crippen LogP contribution in [-0.2, 0) is 57.6 Å². The maximum absolute atomic E-state index is 7.14. The third-order valence-corrected chi connectivity index (χ3v) is 19.0. The molecule has 10 aromatic carbocycles. The molecule has 0 saturated carbocycles. The Morgan fingerprint density at radius 1 is 0.324 bits per heavy atom. The van der Waals surface area contributed by atoms with Crippen LogP contribution >= 0.6 is 15.8 Å². The predicted octanol–water partition coefficient (Wildman–Crippen LogP) is 13.0. The van der Waals surface area contributed by atoms with Crippen LogP contribution in [0.25, 0.3) is 44.2 Å². The molecule has 0 bridgehead atoms. The van der Waals surface area contributed by atoms with E-state index in [9.17, 15) is 0 Å². The minimum atomic E-state index is -1.33. The van der Waals surface area contributed by atoms with Crippen molar-refractivity contribution >= 4 is 69.6 Å². The van der Waals surface area contributed by atoms with Gasteiger partial charge in [-0.05, 0) is 112 Å². The summed E-state index contributed by atoms with van der Waals surface area (Å²) in [6, 6.07) is 86.7. The average molecular weight is 1310 g/mol. The number of hydrogen-bond donors (Lipinski definition) is 0. The Morgan fingerprint density at radius 2 is 0.732 bits per heavy atom. The first-order valence-corrected chi connectivity index (χ1v) is 26.3. The van der Waals surface area contributed by atoms with E-state index in [1.54, 1.807) is 0 Å². The van der Waals surface area contributed by atoms with E-state index < -0.39 is 15.8 Å². The van der Waals surface area contributed by atoms with Crippen LogP contribution in [0, 0.1) is 24.7 Å². The first-order chi connectivity index (χ1) is 34.1. The summed E-state index contributed by atoms with van der Waals surface area (Å²) in [5.41, 5.74) is 14.3. The van der Waals surface area contributed by atoms with Gasteiger partial charge in [-0.25, -0.2) is 0 Å². The number of hydrogen-bond acceptors (Lipinski definition) is 1. The predicted molar refractivity (Wildman–Crippen MR) is 296 cm³/mol. The van der Waals surface area contributed by atoms with Gasteiger partial charge in [-0.2, -0.15) is 0 Å². The van der Waals surface area contributed by atoms with E-state index in [1.807, 2.05) is 18.2 Å². The fraction of sp³-hybridized carbons (Fsp3) is 0.0303. The van der Waals surface area contributed by atoms with E-state index in [2.05, 4.69) is 236 Å². The summed E-state index contributed by atoms with van der Waals surface area (Å²) in [5.74, 6) is 4.87.